The summed E-state index contributed by atoms with van der Waals surface area (Å²) < 4.78 is 0. The predicted octanol–water partition coefficient (Wildman–Crippen LogP) is 7.47. The maximum Gasteiger partial charge on any atom is 0.0661 e. The van der Waals surface area contributed by atoms with Crippen LogP contribution in [0.4, 0.5) is 5.69 Å². The average molecular weight is 360 g/mol. The van der Waals surface area contributed by atoms with Crippen LogP contribution in [0, 0.1) is 5.92 Å². The molecule has 27 heavy (non-hydrogen) atoms. The Hall–Kier alpha value is -2.02. The molecule has 0 unspecified atom stereocenters. The Bertz CT molecular complexity index is 761. The van der Waals surface area contributed by atoms with Gasteiger partial charge in [-0.3, -0.25) is 0 Å². The first-order valence-corrected chi connectivity index (χ1v) is 10.9. The molecule has 0 aromatic heterocycles. The smallest absolute Gasteiger partial charge is 0.0661 e. The van der Waals surface area contributed by atoms with E-state index in [4.69, 9.17) is 0 Å². The topological polar surface area (TPSA) is 12.0 Å². The Morgan fingerprint density at radius 1 is 0.926 bits per heavy atom. The lowest BCUT2D eigenvalue weighted by Gasteiger charge is -2.36. The van der Waals surface area contributed by atoms with Crippen molar-refractivity contribution in [1.29, 1.82) is 0 Å². The second kappa shape index (κ2) is 8.33. The highest BCUT2D eigenvalue weighted by Crippen LogP contribution is 2.56. The highest BCUT2D eigenvalue weighted by molar-refractivity contribution is 5.82. The van der Waals surface area contributed by atoms with Gasteiger partial charge in [0.25, 0.3) is 0 Å². The van der Waals surface area contributed by atoms with E-state index in [2.05, 4.69) is 72.9 Å². The number of rotatable bonds is 8. The number of benzene rings is 2. The zero-order valence-electron chi connectivity index (χ0n) is 16.7. The van der Waals surface area contributed by atoms with Crippen LogP contribution in [-0.4, -0.2) is 5.54 Å². The number of hydrogen-bond acceptors (Lipinski definition) is 1. The lowest BCUT2D eigenvalue weighted by Crippen LogP contribution is -2.40. The van der Waals surface area contributed by atoms with Gasteiger partial charge in [0.05, 0.1) is 5.54 Å². The van der Waals surface area contributed by atoms with Gasteiger partial charge in [0, 0.05) is 5.69 Å². The van der Waals surface area contributed by atoms with Crippen LogP contribution >= 0.6 is 0 Å². The first-order chi connectivity index (χ1) is 13.3. The molecule has 2 atom stereocenters. The molecule has 0 radical (unpaired) electrons. The molecule has 0 saturated heterocycles. The fourth-order valence-electron chi connectivity index (χ4n) is 5.46. The number of hydrogen-bond donors (Lipinski definition) is 1. The van der Waals surface area contributed by atoms with E-state index in [1.54, 1.807) is 11.1 Å². The normalized spacial score (nSPS) is 24.3. The molecule has 142 valence electrons. The lowest BCUT2D eigenvalue weighted by atomic mass is 9.81. The molecule has 0 aliphatic heterocycles. The van der Waals surface area contributed by atoms with Crippen LogP contribution in [0.3, 0.4) is 0 Å². The van der Waals surface area contributed by atoms with Gasteiger partial charge in [0.1, 0.15) is 0 Å². The molecular weight excluding hydrogens is 326 g/mol. The minimum atomic E-state index is 0.128. The number of nitrogens with one attached hydrogen (secondary N) is 1. The van der Waals surface area contributed by atoms with Gasteiger partial charge < -0.3 is 5.32 Å². The summed E-state index contributed by atoms with van der Waals surface area (Å²) in [4.78, 5) is 0. The van der Waals surface area contributed by atoms with E-state index in [9.17, 15) is 0 Å². The number of para-hydroxylation sites is 1. The summed E-state index contributed by atoms with van der Waals surface area (Å²) in [7, 11) is 0. The first-order valence-electron chi connectivity index (χ1n) is 10.9. The molecule has 0 bridgehead atoms. The molecule has 1 heteroatoms. The fourth-order valence-corrected chi connectivity index (χ4v) is 5.46. The molecule has 2 aliphatic carbocycles. The van der Waals surface area contributed by atoms with Crippen LogP contribution in [0.5, 0.6) is 0 Å². The third-order valence-electron chi connectivity index (χ3n) is 6.65. The van der Waals surface area contributed by atoms with Crippen LogP contribution in [0.15, 0.2) is 66.2 Å². The van der Waals surface area contributed by atoms with Crippen molar-refractivity contribution in [3.63, 3.8) is 0 Å². The van der Waals surface area contributed by atoms with Gasteiger partial charge in [0.15, 0.2) is 0 Å². The van der Waals surface area contributed by atoms with Gasteiger partial charge in [-0.25, -0.2) is 0 Å². The van der Waals surface area contributed by atoms with E-state index in [1.165, 1.54) is 69.0 Å². The molecule has 1 saturated carbocycles. The Labute approximate surface area is 164 Å². The molecule has 2 aromatic carbocycles. The van der Waals surface area contributed by atoms with E-state index in [0.717, 1.165) is 5.92 Å². The van der Waals surface area contributed by atoms with E-state index < -0.39 is 0 Å². The summed E-state index contributed by atoms with van der Waals surface area (Å²) in [5.74, 6) is 0.745. The molecule has 2 aromatic rings. The molecule has 1 nitrogen and oxygen atoms in total. The molecule has 1 N–H and O–H groups in total. The monoisotopic (exact) mass is 359 g/mol. The van der Waals surface area contributed by atoms with Crippen LogP contribution in [0.1, 0.15) is 70.3 Å². The molecular formula is C26H33N. The largest absolute Gasteiger partial charge is 0.375 e. The summed E-state index contributed by atoms with van der Waals surface area (Å²) >= 11 is 0. The zero-order valence-corrected chi connectivity index (χ0v) is 16.7. The van der Waals surface area contributed by atoms with Gasteiger partial charge in [-0.15, -0.1) is 0 Å². The summed E-state index contributed by atoms with van der Waals surface area (Å²) in [5, 5.41) is 4.04. The Kier molecular flexibility index (Phi) is 5.66. The molecule has 0 amide bonds. The first kappa shape index (κ1) is 18.3. The average Bonchev–Trinajstić information content (AvgIpc) is 3.21. The quantitative estimate of drug-likeness (QED) is 0.482. The van der Waals surface area contributed by atoms with Gasteiger partial charge in [-0.1, -0.05) is 86.7 Å². The summed E-state index contributed by atoms with van der Waals surface area (Å²) in [6.45, 7) is 2.30. The summed E-state index contributed by atoms with van der Waals surface area (Å²) in [6.07, 6.45) is 11.9. The Morgan fingerprint density at radius 2 is 1.67 bits per heavy atom. The van der Waals surface area contributed by atoms with Crippen molar-refractivity contribution in [2.75, 3.05) is 5.32 Å². The molecule has 1 fully saturated rings. The molecule has 4 rings (SSSR count). The van der Waals surface area contributed by atoms with Crippen LogP contribution < -0.4 is 5.32 Å². The van der Waals surface area contributed by atoms with Gasteiger partial charge in [-0.05, 0) is 61.3 Å². The summed E-state index contributed by atoms with van der Waals surface area (Å²) in [5.41, 5.74) is 6.19. The molecule has 2 aliphatic rings. The minimum Gasteiger partial charge on any atom is -0.375 e. The number of allylic oxidation sites excluding steroid dienone is 1. The summed E-state index contributed by atoms with van der Waals surface area (Å²) in [6, 6.07) is 22.1. The van der Waals surface area contributed by atoms with Crippen LogP contribution in [0.25, 0.3) is 5.57 Å². The highest BCUT2D eigenvalue weighted by atomic mass is 15.0. The van der Waals surface area contributed by atoms with Crippen molar-refractivity contribution in [2.45, 2.75) is 70.3 Å². The second-order valence-electron chi connectivity index (χ2n) is 8.41. The van der Waals surface area contributed by atoms with E-state index in [-0.39, 0.29) is 5.54 Å². The van der Waals surface area contributed by atoms with Crippen molar-refractivity contribution in [3.8, 4) is 0 Å². The van der Waals surface area contributed by atoms with Crippen molar-refractivity contribution < 1.29 is 0 Å². The number of anilines is 1. The Morgan fingerprint density at radius 3 is 2.41 bits per heavy atom. The van der Waals surface area contributed by atoms with E-state index in [0.29, 0.717) is 0 Å². The van der Waals surface area contributed by atoms with Crippen molar-refractivity contribution in [3.05, 3.63) is 71.8 Å². The predicted molar refractivity (Wildman–Crippen MR) is 117 cm³/mol. The van der Waals surface area contributed by atoms with Crippen LogP contribution in [0.2, 0.25) is 0 Å². The third kappa shape index (κ3) is 3.70. The number of fused-ring (bicyclic) bond motifs is 1. The third-order valence-corrected chi connectivity index (χ3v) is 6.65. The maximum atomic E-state index is 4.04. The van der Waals surface area contributed by atoms with Gasteiger partial charge in [0.2, 0.25) is 0 Å². The SMILES string of the molecule is CCCCCCC1=C(c2ccccc2)[C@]2(Nc3ccccc3)CCC[C@@H]2C1. The fraction of sp³-hybridized carbons (Fsp3) is 0.462. The standard InChI is InChI=1S/C26H33N/c1-2-3-4-7-15-22-20-23-16-12-19-26(23,27-24-17-10-6-11-18-24)25(22)21-13-8-5-9-14-21/h5-6,8-11,13-14,17-18,23,27H,2-4,7,12,15-16,19-20H2,1H3/t23-,26+/m1/s1. The molecule has 0 spiro atoms. The van der Waals surface area contributed by atoms with Crippen LogP contribution in [-0.2, 0) is 0 Å². The van der Waals surface area contributed by atoms with Gasteiger partial charge in [-0.2, -0.15) is 0 Å². The maximum absolute atomic E-state index is 4.04. The molecule has 0 heterocycles. The van der Waals surface area contributed by atoms with E-state index in [1.807, 2.05) is 0 Å². The van der Waals surface area contributed by atoms with Crippen molar-refractivity contribution in [2.24, 2.45) is 5.92 Å². The van der Waals surface area contributed by atoms with Crippen molar-refractivity contribution in [1.82, 2.24) is 0 Å². The van der Waals surface area contributed by atoms with Crippen molar-refractivity contribution >= 4 is 11.3 Å². The lowest BCUT2D eigenvalue weighted by molar-refractivity contribution is 0.453. The highest BCUT2D eigenvalue weighted by Gasteiger charge is 2.51. The Balaban J connectivity index is 1.70. The minimum absolute atomic E-state index is 0.128. The second-order valence-corrected chi connectivity index (χ2v) is 8.41. The van der Waals surface area contributed by atoms with E-state index >= 15 is 0 Å². The zero-order chi connectivity index (χ0) is 18.5. The number of unbranched alkanes of at least 4 members (excludes halogenated alkanes) is 3. The van der Waals surface area contributed by atoms with Gasteiger partial charge >= 0.3 is 0 Å².